The Hall–Kier alpha value is -1.90. The van der Waals surface area contributed by atoms with Gasteiger partial charge in [0.2, 0.25) is 0 Å². The van der Waals surface area contributed by atoms with Crippen molar-refractivity contribution in [3.63, 3.8) is 0 Å². The molecule has 2 heterocycles. The van der Waals surface area contributed by atoms with Gasteiger partial charge in [0.25, 0.3) is 5.91 Å². The van der Waals surface area contributed by atoms with Gasteiger partial charge in [-0.3, -0.25) is 9.78 Å². The fourth-order valence-electron chi connectivity index (χ4n) is 2.49. The maximum Gasteiger partial charge on any atom is 0.255 e. The molecule has 1 saturated heterocycles. The zero-order valence-corrected chi connectivity index (χ0v) is 12.5. The maximum atomic E-state index is 12.7. The van der Waals surface area contributed by atoms with E-state index in [0.29, 0.717) is 17.5 Å². The standard InChI is InChI=1S/C16H21N3O2/c1-13-12-18(2)8-9-19(13)16(21)15-6-7-17-11-14(15)5-3-4-10-20/h6-7,11,13,20H,4,8-10,12H2,1-2H3. The number of piperazine rings is 1. The van der Waals surface area contributed by atoms with Gasteiger partial charge in [-0.2, -0.15) is 0 Å². The summed E-state index contributed by atoms with van der Waals surface area (Å²) in [6, 6.07) is 1.90. The third kappa shape index (κ3) is 3.81. The predicted molar refractivity (Wildman–Crippen MR) is 80.8 cm³/mol. The molecule has 5 heteroatoms. The van der Waals surface area contributed by atoms with Crippen LogP contribution in [0.1, 0.15) is 29.3 Å². The lowest BCUT2D eigenvalue weighted by Gasteiger charge is -2.38. The lowest BCUT2D eigenvalue weighted by atomic mass is 10.1. The molecule has 1 N–H and O–H groups in total. The first-order chi connectivity index (χ1) is 10.1. The highest BCUT2D eigenvalue weighted by Crippen LogP contribution is 2.15. The SMILES string of the molecule is CC1CN(C)CCN1C(=O)c1ccncc1C#CCCO. The van der Waals surface area contributed by atoms with E-state index >= 15 is 0 Å². The summed E-state index contributed by atoms with van der Waals surface area (Å²) >= 11 is 0. The van der Waals surface area contributed by atoms with Crippen molar-refractivity contribution in [2.24, 2.45) is 0 Å². The second-order valence-electron chi connectivity index (χ2n) is 5.31. The normalized spacial score (nSPS) is 19.0. The first-order valence-electron chi connectivity index (χ1n) is 7.16. The van der Waals surface area contributed by atoms with Gasteiger partial charge in [0.05, 0.1) is 17.7 Å². The smallest absolute Gasteiger partial charge is 0.255 e. The first kappa shape index (κ1) is 15.5. The van der Waals surface area contributed by atoms with E-state index in [9.17, 15) is 4.79 Å². The molecule has 0 aromatic carbocycles. The van der Waals surface area contributed by atoms with Crippen LogP contribution in [0.2, 0.25) is 0 Å². The zero-order chi connectivity index (χ0) is 15.2. The van der Waals surface area contributed by atoms with Crippen LogP contribution in [0.15, 0.2) is 18.5 Å². The van der Waals surface area contributed by atoms with Gasteiger partial charge < -0.3 is 14.9 Å². The van der Waals surface area contributed by atoms with E-state index in [-0.39, 0.29) is 18.6 Å². The van der Waals surface area contributed by atoms with Gasteiger partial charge in [-0.05, 0) is 20.0 Å². The summed E-state index contributed by atoms with van der Waals surface area (Å²) in [4.78, 5) is 20.9. The third-order valence-corrected chi connectivity index (χ3v) is 3.60. The summed E-state index contributed by atoms with van der Waals surface area (Å²) in [5, 5.41) is 8.79. The van der Waals surface area contributed by atoms with Crippen LogP contribution in [0.3, 0.4) is 0 Å². The Morgan fingerprint density at radius 2 is 2.33 bits per heavy atom. The van der Waals surface area contributed by atoms with Gasteiger partial charge in [0, 0.05) is 44.5 Å². The van der Waals surface area contributed by atoms with E-state index in [0.717, 1.165) is 19.6 Å². The van der Waals surface area contributed by atoms with Crippen molar-refractivity contribution in [1.29, 1.82) is 0 Å². The number of carbonyl (C=O) groups is 1. The molecule has 1 aromatic rings. The molecule has 0 aliphatic carbocycles. The fraction of sp³-hybridized carbons (Fsp3) is 0.500. The Labute approximate surface area is 125 Å². The Kier molecular flexibility index (Phi) is 5.32. The quantitative estimate of drug-likeness (QED) is 0.809. The highest BCUT2D eigenvalue weighted by Gasteiger charge is 2.27. The molecule has 0 spiro atoms. The number of likely N-dealkylation sites (N-methyl/N-ethyl adjacent to an activating group) is 1. The van der Waals surface area contributed by atoms with Crippen molar-refractivity contribution < 1.29 is 9.90 Å². The Bertz CT molecular complexity index is 562. The monoisotopic (exact) mass is 287 g/mol. The first-order valence-corrected chi connectivity index (χ1v) is 7.16. The van der Waals surface area contributed by atoms with E-state index < -0.39 is 0 Å². The van der Waals surface area contributed by atoms with Crippen LogP contribution in [0.5, 0.6) is 0 Å². The molecule has 112 valence electrons. The highest BCUT2D eigenvalue weighted by atomic mass is 16.2. The molecule has 2 rings (SSSR count). The molecule has 0 bridgehead atoms. The van der Waals surface area contributed by atoms with Crippen LogP contribution in [0, 0.1) is 11.8 Å². The van der Waals surface area contributed by atoms with Crippen molar-refractivity contribution in [3.8, 4) is 11.8 Å². The van der Waals surface area contributed by atoms with Gasteiger partial charge in [-0.25, -0.2) is 0 Å². The molecule has 1 aromatic heterocycles. The minimum absolute atomic E-state index is 0.00583. The highest BCUT2D eigenvalue weighted by molar-refractivity contribution is 5.96. The molecular weight excluding hydrogens is 266 g/mol. The number of carbonyl (C=O) groups excluding carboxylic acids is 1. The lowest BCUT2D eigenvalue weighted by Crippen LogP contribution is -2.52. The van der Waals surface area contributed by atoms with Gasteiger partial charge in [-0.1, -0.05) is 11.8 Å². The Morgan fingerprint density at radius 3 is 3.05 bits per heavy atom. The van der Waals surface area contributed by atoms with E-state index in [4.69, 9.17) is 5.11 Å². The number of aliphatic hydroxyl groups is 1. The van der Waals surface area contributed by atoms with Crippen LogP contribution in [-0.4, -0.2) is 65.1 Å². The molecule has 1 aliphatic rings. The van der Waals surface area contributed by atoms with Crippen LogP contribution < -0.4 is 0 Å². The molecule has 5 nitrogen and oxygen atoms in total. The number of nitrogens with zero attached hydrogens (tertiary/aromatic N) is 3. The lowest BCUT2D eigenvalue weighted by molar-refractivity contribution is 0.0533. The average molecular weight is 287 g/mol. The van der Waals surface area contributed by atoms with Gasteiger partial charge in [0.15, 0.2) is 0 Å². The topological polar surface area (TPSA) is 56.7 Å². The molecular formula is C16H21N3O2. The van der Waals surface area contributed by atoms with Crippen LogP contribution in [0.25, 0.3) is 0 Å². The van der Waals surface area contributed by atoms with Gasteiger partial charge >= 0.3 is 0 Å². The predicted octanol–water partition coefficient (Wildman–Crippen LogP) is 0.592. The number of aromatic nitrogens is 1. The zero-order valence-electron chi connectivity index (χ0n) is 12.5. The van der Waals surface area contributed by atoms with E-state index in [1.165, 1.54) is 0 Å². The Balaban J connectivity index is 2.21. The van der Waals surface area contributed by atoms with Gasteiger partial charge in [0.1, 0.15) is 0 Å². The van der Waals surface area contributed by atoms with Crippen molar-refractivity contribution in [2.75, 3.05) is 33.3 Å². The summed E-state index contributed by atoms with van der Waals surface area (Å²) in [6.07, 6.45) is 3.62. The second-order valence-corrected chi connectivity index (χ2v) is 5.31. The van der Waals surface area contributed by atoms with Gasteiger partial charge in [-0.15, -0.1) is 0 Å². The molecule has 0 radical (unpaired) electrons. The molecule has 1 aliphatic heterocycles. The van der Waals surface area contributed by atoms with Crippen LogP contribution >= 0.6 is 0 Å². The number of amides is 1. The average Bonchev–Trinajstić information content (AvgIpc) is 2.47. The van der Waals surface area contributed by atoms with Crippen LogP contribution in [0.4, 0.5) is 0 Å². The van der Waals surface area contributed by atoms with Crippen LogP contribution in [-0.2, 0) is 0 Å². The van der Waals surface area contributed by atoms with Crippen molar-refractivity contribution >= 4 is 5.91 Å². The van der Waals surface area contributed by atoms with E-state index in [1.807, 2.05) is 4.90 Å². The largest absolute Gasteiger partial charge is 0.395 e. The summed E-state index contributed by atoms with van der Waals surface area (Å²) in [5.41, 5.74) is 1.22. The number of aliphatic hydroxyl groups excluding tert-OH is 1. The third-order valence-electron chi connectivity index (χ3n) is 3.60. The molecule has 1 unspecified atom stereocenters. The maximum absolute atomic E-state index is 12.7. The number of hydrogen-bond donors (Lipinski definition) is 1. The minimum atomic E-state index is 0.00583. The minimum Gasteiger partial charge on any atom is -0.395 e. The molecule has 1 atom stereocenters. The second kappa shape index (κ2) is 7.21. The van der Waals surface area contributed by atoms with E-state index in [1.54, 1.807) is 18.5 Å². The summed E-state index contributed by atoms with van der Waals surface area (Å²) in [5.74, 6) is 5.78. The number of hydrogen-bond acceptors (Lipinski definition) is 4. The van der Waals surface area contributed by atoms with Crippen molar-refractivity contribution in [1.82, 2.24) is 14.8 Å². The van der Waals surface area contributed by atoms with Crippen molar-refractivity contribution in [3.05, 3.63) is 29.6 Å². The molecule has 1 fully saturated rings. The van der Waals surface area contributed by atoms with Crippen molar-refractivity contribution in [2.45, 2.75) is 19.4 Å². The molecule has 1 amide bonds. The summed E-state index contributed by atoms with van der Waals surface area (Å²) < 4.78 is 0. The van der Waals surface area contributed by atoms with E-state index in [2.05, 4.69) is 35.7 Å². The Morgan fingerprint density at radius 1 is 1.52 bits per heavy atom. The number of rotatable bonds is 2. The summed E-state index contributed by atoms with van der Waals surface area (Å²) in [7, 11) is 2.07. The molecule has 0 saturated carbocycles. The molecule has 21 heavy (non-hydrogen) atoms. The number of pyridine rings is 1. The fourth-order valence-corrected chi connectivity index (χ4v) is 2.49. The summed E-state index contributed by atoms with van der Waals surface area (Å²) in [6.45, 7) is 4.56.